The lowest BCUT2D eigenvalue weighted by molar-refractivity contribution is 0.102. The number of benzene rings is 2. The smallest absolute Gasteiger partial charge is 0.287 e. The average Bonchev–Trinajstić information content (AvgIpc) is 3.28. The van der Waals surface area contributed by atoms with E-state index < -0.39 is 25.8 Å². The Morgan fingerprint density at radius 2 is 1.47 bits per heavy atom. The van der Waals surface area contributed by atoms with Crippen molar-refractivity contribution in [3.05, 3.63) is 95.0 Å². The Hall–Kier alpha value is -3.08. The summed E-state index contributed by atoms with van der Waals surface area (Å²) in [6, 6.07) is 16.9. The monoisotopic (exact) mass is 458 g/mol. The van der Waals surface area contributed by atoms with E-state index in [-0.39, 0.29) is 26.1 Å². The van der Waals surface area contributed by atoms with Gasteiger partial charge in [0.15, 0.2) is 0 Å². The maximum atomic E-state index is 12.9. The van der Waals surface area contributed by atoms with Gasteiger partial charge in [-0.1, -0.05) is 48.5 Å². The fourth-order valence-electron chi connectivity index (χ4n) is 2.87. The van der Waals surface area contributed by atoms with E-state index in [4.69, 9.17) is 0 Å². The Morgan fingerprint density at radius 3 is 2.13 bits per heavy atom. The maximum absolute atomic E-state index is 12.9. The average molecular weight is 459 g/mol. The molecule has 1 aromatic heterocycles. The number of nitrogens with one attached hydrogen (secondary N) is 1. The summed E-state index contributed by atoms with van der Waals surface area (Å²) in [6.45, 7) is 0. The topological polar surface area (TPSA) is 110 Å². The first-order valence-electron chi connectivity index (χ1n) is 8.60. The minimum atomic E-state index is -4.05. The summed E-state index contributed by atoms with van der Waals surface area (Å²) in [4.78, 5) is 12.8. The third-order valence-corrected chi connectivity index (χ3v) is 8.28. The second kappa shape index (κ2) is 7.63. The number of nitrogens with zero attached hydrogens (tertiary/aromatic N) is 1. The molecule has 0 amide bonds. The van der Waals surface area contributed by atoms with Crippen molar-refractivity contribution in [1.82, 2.24) is 4.72 Å². The first kappa shape index (κ1) is 20.2. The fraction of sp³-hybridized carbons (Fsp3) is 0. The lowest BCUT2D eigenvalue weighted by atomic mass is 9.93. The summed E-state index contributed by atoms with van der Waals surface area (Å²) in [6.07, 6.45) is 1.15. The van der Waals surface area contributed by atoms with E-state index in [2.05, 4.69) is 9.12 Å². The van der Waals surface area contributed by atoms with Crippen molar-refractivity contribution < 1.29 is 21.6 Å². The van der Waals surface area contributed by atoms with E-state index in [1.54, 1.807) is 47.8 Å². The van der Waals surface area contributed by atoms with E-state index in [1.807, 2.05) is 0 Å². The van der Waals surface area contributed by atoms with Crippen LogP contribution in [-0.2, 0) is 20.0 Å². The molecule has 0 saturated heterocycles. The number of fused-ring (bicyclic) bond motifs is 1. The number of hydrogen-bond acceptors (Lipinski definition) is 6. The molecule has 4 rings (SSSR count). The van der Waals surface area contributed by atoms with Crippen LogP contribution in [0.15, 0.2) is 97.4 Å². The number of rotatable bonds is 5. The van der Waals surface area contributed by atoms with Gasteiger partial charge >= 0.3 is 0 Å². The normalized spacial score (nSPS) is 15.5. The standard InChI is InChI=1S/C20H14N2O5S3/c23-20-16-10-5-4-9-15(16)17(21-30(26,27)19-11-6-12-28-19)13-18(20)22-29(24,25)14-7-2-1-3-8-14/h1-13,22H. The van der Waals surface area contributed by atoms with Crippen LogP contribution in [0.5, 0.6) is 0 Å². The molecule has 3 aromatic rings. The third-order valence-electron chi connectivity index (χ3n) is 4.24. The Balaban J connectivity index is 1.82. The fourth-order valence-corrected chi connectivity index (χ4v) is 5.91. The summed E-state index contributed by atoms with van der Waals surface area (Å²) in [5.41, 5.74) is 0.165. The van der Waals surface area contributed by atoms with E-state index in [0.29, 0.717) is 5.56 Å². The van der Waals surface area contributed by atoms with Gasteiger partial charge in [0.2, 0.25) is 5.78 Å². The Morgan fingerprint density at radius 1 is 0.800 bits per heavy atom. The van der Waals surface area contributed by atoms with Crippen molar-refractivity contribution in [3.63, 3.8) is 0 Å². The number of ketones is 1. The maximum Gasteiger partial charge on any atom is 0.292 e. The summed E-state index contributed by atoms with van der Waals surface area (Å²) in [7, 11) is -8.07. The Bertz CT molecular complexity index is 1390. The van der Waals surface area contributed by atoms with Crippen molar-refractivity contribution in [2.75, 3.05) is 0 Å². The molecule has 0 aliphatic heterocycles. The molecule has 1 heterocycles. The zero-order chi connectivity index (χ0) is 21.4. The molecular weight excluding hydrogens is 444 g/mol. The van der Waals surface area contributed by atoms with Crippen LogP contribution in [0.4, 0.5) is 0 Å². The molecule has 0 fully saturated rings. The van der Waals surface area contributed by atoms with Gasteiger partial charge in [-0.05, 0) is 29.7 Å². The second-order valence-corrected chi connectivity index (χ2v) is 10.7. The first-order chi connectivity index (χ1) is 14.3. The van der Waals surface area contributed by atoms with Crippen LogP contribution >= 0.6 is 11.3 Å². The first-order valence-corrected chi connectivity index (χ1v) is 12.4. The van der Waals surface area contributed by atoms with Crippen molar-refractivity contribution in [1.29, 1.82) is 0 Å². The van der Waals surface area contributed by atoms with Crippen LogP contribution in [0.2, 0.25) is 0 Å². The summed E-state index contributed by atoms with van der Waals surface area (Å²) in [5.74, 6) is -0.572. The molecule has 0 spiro atoms. The van der Waals surface area contributed by atoms with Gasteiger partial charge in [-0.3, -0.25) is 9.52 Å². The van der Waals surface area contributed by atoms with Gasteiger partial charge in [-0.15, -0.1) is 11.3 Å². The molecule has 0 saturated carbocycles. The molecule has 152 valence electrons. The molecule has 0 bridgehead atoms. The molecule has 1 aliphatic carbocycles. The van der Waals surface area contributed by atoms with E-state index >= 15 is 0 Å². The molecule has 10 heteroatoms. The highest BCUT2D eigenvalue weighted by molar-refractivity contribution is 7.92. The second-order valence-electron chi connectivity index (χ2n) is 6.23. The minimum Gasteiger partial charge on any atom is -0.287 e. The lowest BCUT2D eigenvalue weighted by Gasteiger charge is -2.18. The number of carbonyl (C=O) groups is 1. The van der Waals surface area contributed by atoms with E-state index in [1.165, 1.54) is 24.3 Å². The molecule has 1 aliphatic rings. The number of allylic oxidation sites excluding steroid dienone is 2. The third kappa shape index (κ3) is 3.84. The van der Waals surface area contributed by atoms with Gasteiger partial charge in [0.25, 0.3) is 20.0 Å². The highest BCUT2D eigenvalue weighted by Crippen LogP contribution is 2.25. The zero-order valence-corrected chi connectivity index (χ0v) is 17.7. The molecule has 0 radical (unpaired) electrons. The van der Waals surface area contributed by atoms with Gasteiger partial charge in [0.05, 0.1) is 16.3 Å². The van der Waals surface area contributed by atoms with Crippen molar-refractivity contribution in [3.8, 4) is 0 Å². The summed E-state index contributed by atoms with van der Waals surface area (Å²) < 4.78 is 56.8. The van der Waals surface area contributed by atoms with Crippen LogP contribution in [0, 0.1) is 0 Å². The van der Waals surface area contributed by atoms with Crippen LogP contribution < -0.4 is 4.72 Å². The summed E-state index contributed by atoms with van der Waals surface area (Å²) >= 11 is 1.01. The number of hydrogen-bond donors (Lipinski definition) is 1. The summed E-state index contributed by atoms with van der Waals surface area (Å²) in [5, 5.41) is 1.61. The van der Waals surface area contributed by atoms with Crippen LogP contribution in [-0.4, -0.2) is 28.3 Å². The van der Waals surface area contributed by atoms with Gasteiger partial charge in [-0.25, -0.2) is 8.42 Å². The SMILES string of the molecule is O=C1C(NS(=O)(=O)c2ccccc2)=CC(=NS(=O)(=O)c2cccs2)c2ccccc21. The predicted molar refractivity (Wildman–Crippen MR) is 114 cm³/mol. The van der Waals surface area contributed by atoms with Gasteiger partial charge in [0.1, 0.15) is 4.21 Å². The molecule has 7 nitrogen and oxygen atoms in total. The van der Waals surface area contributed by atoms with Crippen molar-refractivity contribution in [2.24, 2.45) is 4.40 Å². The minimum absolute atomic E-state index is 0.0237. The van der Waals surface area contributed by atoms with Crippen molar-refractivity contribution >= 4 is 42.9 Å². The Labute approximate surface area is 177 Å². The van der Waals surface area contributed by atoms with Crippen LogP contribution in [0.3, 0.4) is 0 Å². The molecular formula is C20H14N2O5S3. The largest absolute Gasteiger partial charge is 0.292 e. The number of carbonyl (C=O) groups excluding carboxylic acids is 1. The highest BCUT2D eigenvalue weighted by Gasteiger charge is 2.29. The van der Waals surface area contributed by atoms with Gasteiger partial charge < -0.3 is 0 Å². The molecule has 0 unspecified atom stereocenters. The van der Waals surface area contributed by atoms with Gasteiger partial charge in [-0.2, -0.15) is 12.8 Å². The van der Waals surface area contributed by atoms with Crippen molar-refractivity contribution in [2.45, 2.75) is 9.10 Å². The molecule has 30 heavy (non-hydrogen) atoms. The van der Waals surface area contributed by atoms with Crippen LogP contribution in [0.1, 0.15) is 15.9 Å². The number of thiophene rings is 1. The quantitative estimate of drug-likeness (QED) is 0.632. The number of sulfonamides is 2. The predicted octanol–water partition coefficient (Wildman–Crippen LogP) is 2.98. The van der Waals surface area contributed by atoms with E-state index in [0.717, 1.165) is 17.4 Å². The molecule has 1 N–H and O–H groups in total. The van der Waals surface area contributed by atoms with Gasteiger partial charge in [0, 0.05) is 11.1 Å². The lowest BCUT2D eigenvalue weighted by Crippen LogP contribution is -2.31. The highest BCUT2D eigenvalue weighted by atomic mass is 32.2. The zero-order valence-electron chi connectivity index (χ0n) is 15.2. The van der Waals surface area contributed by atoms with E-state index in [9.17, 15) is 21.6 Å². The Kier molecular flexibility index (Phi) is 5.14. The molecule has 0 atom stereocenters. The van der Waals surface area contributed by atoms with Crippen LogP contribution in [0.25, 0.3) is 0 Å². The molecule has 2 aromatic carbocycles. The number of Topliss-reactive ketones (excluding diaryl/α,β-unsaturated/α-hetero) is 1.